The number of hydrogen-bond donors (Lipinski definition) is 0. The van der Waals surface area contributed by atoms with Gasteiger partial charge in [-0.3, -0.25) is 14.9 Å². The predicted octanol–water partition coefficient (Wildman–Crippen LogP) is 3.59. The first-order valence-corrected chi connectivity index (χ1v) is 5.60. The SMILES string of the molecule is CC(=O)c1ccc(Oc2ccccc2[N+](=O)[O-])cc1. The molecule has 0 N–H and O–H groups in total. The van der Waals surface area contributed by atoms with Crippen LogP contribution in [-0.4, -0.2) is 10.7 Å². The van der Waals surface area contributed by atoms with Crippen molar-refractivity contribution in [2.75, 3.05) is 0 Å². The molecule has 2 aromatic carbocycles. The molecule has 0 aliphatic carbocycles. The summed E-state index contributed by atoms with van der Waals surface area (Å²) in [7, 11) is 0. The van der Waals surface area contributed by atoms with Gasteiger partial charge in [-0.25, -0.2) is 0 Å². The summed E-state index contributed by atoms with van der Waals surface area (Å²) in [6.45, 7) is 1.47. The summed E-state index contributed by atoms with van der Waals surface area (Å²) in [5.74, 6) is 0.569. The molecule has 19 heavy (non-hydrogen) atoms. The van der Waals surface area contributed by atoms with E-state index in [9.17, 15) is 14.9 Å². The molecule has 0 amide bonds. The second-order valence-corrected chi connectivity index (χ2v) is 3.91. The minimum Gasteiger partial charge on any atom is -0.450 e. The van der Waals surface area contributed by atoms with Crippen molar-refractivity contribution in [3.05, 3.63) is 64.2 Å². The molecule has 0 bridgehead atoms. The Labute approximate surface area is 109 Å². The van der Waals surface area contributed by atoms with Crippen molar-refractivity contribution in [1.29, 1.82) is 0 Å². The zero-order chi connectivity index (χ0) is 13.8. The molecule has 0 heterocycles. The van der Waals surface area contributed by atoms with E-state index < -0.39 is 4.92 Å². The van der Waals surface area contributed by atoms with E-state index >= 15 is 0 Å². The fourth-order valence-corrected chi connectivity index (χ4v) is 1.58. The first-order chi connectivity index (χ1) is 9.08. The lowest BCUT2D eigenvalue weighted by Gasteiger charge is -2.06. The third-order valence-corrected chi connectivity index (χ3v) is 2.55. The Balaban J connectivity index is 2.26. The molecule has 0 unspecified atom stereocenters. The number of para-hydroxylation sites is 2. The number of nitro groups is 1. The molecule has 0 aromatic heterocycles. The Hall–Kier alpha value is -2.69. The monoisotopic (exact) mass is 257 g/mol. The van der Waals surface area contributed by atoms with E-state index in [1.165, 1.54) is 19.1 Å². The molecule has 0 atom stereocenters. The van der Waals surface area contributed by atoms with Crippen molar-refractivity contribution in [3.8, 4) is 11.5 Å². The van der Waals surface area contributed by atoms with Crippen LogP contribution in [0.15, 0.2) is 48.5 Å². The Kier molecular flexibility index (Phi) is 3.56. The Bertz CT molecular complexity index is 620. The highest BCUT2D eigenvalue weighted by Crippen LogP contribution is 2.30. The Morgan fingerprint density at radius 1 is 1.11 bits per heavy atom. The summed E-state index contributed by atoms with van der Waals surface area (Å²) in [4.78, 5) is 21.5. The molecule has 96 valence electrons. The van der Waals surface area contributed by atoms with Gasteiger partial charge >= 0.3 is 5.69 Å². The predicted molar refractivity (Wildman–Crippen MR) is 69.6 cm³/mol. The van der Waals surface area contributed by atoms with E-state index in [4.69, 9.17) is 4.74 Å². The van der Waals surface area contributed by atoms with Crippen LogP contribution in [0.1, 0.15) is 17.3 Å². The number of nitrogens with zero attached hydrogens (tertiary/aromatic N) is 1. The molecule has 0 saturated carbocycles. The molecule has 0 saturated heterocycles. The number of carbonyl (C=O) groups excluding carboxylic acids is 1. The van der Waals surface area contributed by atoms with Gasteiger partial charge in [0.1, 0.15) is 5.75 Å². The average molecular weight is 257 g/mol. The molecular formula is C14H11NO4. The number of benzene rings is 2. The van der Waals surface area contributed by atoms with Gasteiger partial charge in [-0.15, -0.1) is 0 Å². The number of rotatable bonds is 4. The zero-order valence-electron chi connectivity index (χ0n) is 10.2. The van der Waals surface area contributed by atoms with E-state index in [-0.39, 0.29) is 17.2 Å². The van der Waals surface area contributed by atoms with Crippen LogP contribution in [0, 0.1) is 10.1 Å². The molecule has 0 fully saturated rings. The second-order valence-electron chi connectivity index (χ2n) is 3.91. The number of nitro benzene ring substituents is 1. The smallest absolute Gasteiger partial charge is 0.311 e. The number of ketones is 1. The van der Waals surface area contributed by atoms with E-state index in [0.717, 1.165) is 0 Å². The van der Waals surface area contributed by atoms with E-state index in [0.29, 0.717) is 11.3 Å². The molecule has 5 heteroatoms. The van der Waals surface area contributed by atoms with Gasteiger partial charge in [0, 0.05) is 11.6 Å². The van der Waals surface area contributed by atoms with Crippen LogP contribution in [0.5, 0.6) is 11.5 Å². The number of carbonyl (C=O) groups is 1. The van der Waals surface area contributed by atoms with Gasteiger partial charge in [0.2, 0.25) is 5.75 Å². The van der Waals surface area contributed by atoms with Gasteiger partial charge in [-0.1, -0.05) is 12.1 Å². The third kappa shape index (κ3) is 2.95. The van der Waals surface area contributed by atoms with Crippen LogP contribution in [-0.2, 0) is 0 Å². The average Bonchev–Trinajstić information content (AvgIpc) is 2.39. The van der Waals surface area contributed by atoms with Crippen LogP contribution >= 0.6 is 0 Å². The van der Waals surface area contributed by atoms with Gasteiger partial charge in [-0.05, 0) is 37.3 Å². The maximum Gasteiger partial charge on any atom is 0.311 e. The Morgan fingerprint density at radius 3 is 2.32 bits per heavy atom. The van der Waals surface area contributed by atoms with E-state index in [1.807, 2.05) is 0 Å². The highest BCUT2D eigenvalue weighted by Gasteiger charge is 2.14. The second kappa shape index (κ2) is 5.30. The quantitative estimate of drug-likeness (QED) is 0.476. The lowest BCUT2D eigenvalue weighted by Crippen LogP contribution is -1.94. The highest BCUT2D eigenvalue weighted by molar-refractivity contribution is 5.94. The van der Waals surface area contributed by atoms with Crippen LogP contribution in [0.25, 0.3) is 0 Å². The number of hydrogen-bond acceptors (Lipinski definition) is 4. The van der Waals surface area contributed by atoms with Crippen molar-refractivity contribution in [2.24, 2.45) is 0 Å². The zero-order valence-corrected chi connectivity index (χ0v) is 10.2. The molecule has 0 aliphatic rings. The molecule has 2 aromatic rings. The maximum absolute atomic E-state index is 11.1. The van der Waals surface area contributed by atoms with Gasteiger partial charge in [0.25, 0.3) is 0 Å². The van der Waals surface area contributed by atoms with E-state index in [1.54, 1.807) is 36.4 Å². The third-order valence-electron chi connectivity index (χ3n) is 2.55. The topological polar surface area (TPSA) is 69.4 Å². The molecule has 0 aliphatic heterocycles. The maximum atomic E-state index is 11.1. The van der Waals surface area contributed by atoms with Crippen molar-refractivity contribution in [1.82, 2.24) is 0 Å². The lowest BCUT2D eigenvalue weighted by molar-refractivity contribution is -0.385. The van der Waals surface area contributed by atoms with E-state index in [2.05, 4.69) is 0 Å². The number of ether oxygens (including phenoxy) is 1. The van der Waals surface area contributed by atoms with Gasteiger partial charge < -0.3 is 4.74 Å². The number of Topliss-reactive ketones (excluding diaryl/α,β-unsaturated/α-hetero) is 1. The molecule has 5 nitrogen and oxygen atoms in total. The van der Waals surface area contributed by atoms with Crippen molar-refractivity contribution in [3.63, 3.8) is 0 Å². The summed E-state index contributed by atoms with van der Waals surface area (Å²) in [6.07, 6.45) is 0. The van der Waals surface area contributed by atoms with Crippen molar-refractivity contribution < 1.29 is 14.5 Å². The first kappa shape index (κ1) is 12.8. The van der Waals surface area contributed by atoms with Gasteiger partial charge in [0.05, 0.1) is 4.92 Å². The molecule has 0 spiro atoms. The first-order valence-electron chi connectivity index (χ1n) is 5.60. The minimum atomic E-state index is -0.501. The van der Waals surface area contributed by atoms with Crippen LogP contribution in [0.3, 0.4) is 0 Å². The summed E-state index contributed by atoms with van der Waals surface area (Å²) in [6, 6.07) is 12.6. The van der Waals surface area contributed by atoms with Gasteiger partial charge in [-0.2, -0.15) is 0 Å². The fourth-order valence-electron chi connectivity index (χ4n) is 1.58. The van der Waals surface area contributed by atoms with Crippen LogP contribution in [0.4, 0.5) is 5.69 Å². The fraction of sp³-hybridized carbons (Fsp3) is 0.0714. The molecular weight excluding hydrogens is 246 g/mol. The summed E-state index contributed by atoms with van der Waals surface area (Å²) < 4.78 is 5.45. The van der Waals surface area contributed by atoms with Crippen molar-refractivity contribution in [2.45, 2.75) is 6.92 Å². The van der Waals surface area contributed by atoms with Crippen LogP contribution < -0.4 is 4.74 Å². The summed E-state index contributed by atoms with van der Waals surface area (Å²) in [5, 5.41) is 10.8. The largest absolute Gasteiger partial charge is 0.450 e. The highest BCUT2D eigenvalue weighted by atomic mass is 16.6. The normalized spacial score (nSPS) is 9.95. The van der Waals surface area contributed by atoms with Crippen LogP contribution in [0.2, 0.25) is 0 Å². The summed E-state index contributed by atoms with van der Waals surface area (Å²) in [5.41, 5.74) is 0.466. The molecule has 0 radical (unpaired) electrons. The summed E-state index contributed by atoms with van der Waals surface area (Å²) >= 11 is 0. The Morgan fingerprint density at radius 2 is 1.74 bits per heavy atom. The van der Waals surface area contributed by atoms with Gasteiger partial charge in [0.15, 0.2) is 5.78 Å². The molecule has 2 rings (SSSR count). The lowest BCUT2D eigenvalue weighted by atomic mass is 10.1. The van der Waals surface area contributed by atoms with Crippen molar-refractivity contribution >= 4 is 11.5 Å². The standard InChI is InChI=1S/C14H11NO4/c1-10(16)11-6-8-12(9-7-11)19-14-5-3-2-4-13(14)15(17)18/h2-9H,1H3. The minimum absolute atomic E-state index is 0.0442.